The number of hydrogen-bond acceptors (Lipinski definition) is 4. The normalized spacial score (nSPS) is 14.2. The van der Waals surface area contributed by atoms with Gasteiger partial charge >= 0.3 is 0 Å². The van der Waals surface area contributed by atoms with Crippen LogP contribution in [0, 0.1) is 6.92 Å². The number of aromatic hydroxyl groups is 1. The van der Waals surface area contributed by atoms with Crippen molar-refractivity contribution in [1.29, 1.82) is 0 Å². The molecule has 2 aromatic rings. The van der Waals surface area contributed by atoms with E-state index < -0.39 is 0 Å². The minimum atomic E-state index is 0.0823. The molecule has 1 heterocycles. The molecule has 2 atom stereocenters. The molecule has 0 aliphatic rings. The average molecular weight is 290 g/mol. The van der Waals surface area contributed by atoms with E-state index in [0.29, 0.717) is 5.75 Å². The summed E-state index contributed by atoms with van der Waals surface area (Å²) in [4.78, 5) is 5.77. The maximum Gasteiger partial charge on any atom is 0.120 e. The summed E-state index contributed by atoms with van der Waals surface area (Å²) in [7, 11) is 0. The van der Waals surface area contributed by atoms with Gasteiger partial charge in [-0.2, -0.15) is 0 Å². The highest BCUT2D eigenvalue weighted by atomic mass is 32.1. The predicted molar refractivity (Wildman–Crippen MR) is 84.3 cm³/mol. The van der Waals surface area contributed by atoms with Gasteiger partial charge in [-0.05, 0) is 33.3 Å². The fourth-order valence-electron chi connectivity index (χ4n) is 2.24. The smallest absolute Gasteiger partial charge is 0.120 e. The topological polar surface area (TPSA) is 45.2 Å². The minimum Gasteiger partial charge on any atom is -0.508 e. The maximum absolute atomic E-state index is 9.98. The Kier molecular flexibility index (Phi) is 4.78. The zero-order valence-corrected chi connectivity index (χ0v) is 13.3. The van der Waals surface area contributed by atoms with E-state index in [-0.39, 0.29) is 12.1 Å². The summed E-state index contributed by atoms with van der Waals surface area (Å²) in [5.41, 5.74) is 2.09. The molecule has 4 heteroatoms. The standard InChI is InChI=1S/C16H22N2OS/c1-5-13-9-17-16(20-13)12(4)18-11(3)14-8-10(2)6-7-15(14)19/h6-9,11-12,18-19H,5H2,1-4H3. The molecule has 0 aliphatic heterocycles. The Hall–Kier alpha value is -1.39. The van der Waals surface area contributed by atoms with Crippen LogP contribution in [0.3, 0.4) is 0 Å². The maximum atomic E-state index is 9.98. The van der Waals surface area contributed by atoms with Crippen molar-refractivity contribution in [3.63, 3.8) is 0 Å². The van der Waals surface area contributed by atoms with E-state index in [1.165, 1.54) is 4.88 Å². The molecule has 0 bridgehead atoms. The second kappa shape index (κ2) is 6.37. The lowest BCUT2D eigenvalue weighted by molar-refractivity contribution is 0.438. The van der Waals surface area contributed by atoms with Crippen LogP contribution in [0.2, 0.25) is 0 Å². The Morgan fingerprint density at radius 1 is 1.30 bits per heavy atom. The highest BCUT2D eigenvalue weighted by Crippen LogP contribution is 2.28. The van der Waals surface area contributed by atoms with Gasteiger partial charge in [-0.3, -0.25) is 0 Å². The molecule has 0 radical (unpaired) electrons. The SMILES string of the molecule is CCc1cnc(C(C)NC(C)c2cc(C)ccc2O)s1. The summed E-state index contributed by atoms with van der Waals surface area (Å²) in [6.45, 7) is 8.36. The first-order valence-electron chi connectivity index (χ1n) is 7.01. The quantitative estimate of drug-likeness (QED) is 0.870. The van der Waals surface area contributed by atoms with Crippen molar-refractivity contribution >= 4 is 11.3 Å². The van der Waals surface area contributed by atoms with Gasteiger partial charge in [0.05, 0.1) is 6.04 Å². The van der Waals surface area contributed by atoms with Crippen LogP contribution < -0.4 is 5.32 Å². The van der Waals surface area contributed by atoms with E-state index in [0.717, 1.165) is 22.6 Å². The second-order valence-corrected chi connectivity index (χ2v) is 6.34. The van der Waals surface area contributed by atoms with Crippen LogP contribution >= 0.6 is 11.3 Å². The molecule has 108 valence electrons. The number of phenols is 1. The van der Waals surface area contributed by atoms with Gasteiger partial charge in [-0.25, -0.2) is 4.98 Å². The molecule has 0 aliphatic carbocycles. The lowest BCUT2D eigenvalue weighted by atomic mass is 10.0. The van der Waals surface area contributed by atoms with Gasteiger partial charge in [0, 0.05) is 22.7 Å². The lowest BCUT2D eigenvalue weighted by Crippen LogP contribution is -2.22. The van der Waals surface area contributed by atoms with Crippen molar-refractivity contribution in [2.45, 2.75) is 46.2 Å². The van der Waals surface area contributed by atoms with Crippen molar-refractivity contribution in [2.24, 2.45) is 0 Å². The largest absolute Gasteiger partial charge is 0.508 e. The van der Waals surface area contributed by atoms with Crippen LogP contribution in [0.1, 0.15) is 53.9 Å². The number of phenolic OH excluding ortho intramolecular Hbond substituents is 1. The Morgan fingerprint density at radius 2 is 2.05 bits per heavy atom. The molecule has 1 aromatic heterocycles. The van der Waals surface area contributed by atoms with Crippen molar-refractivity contribution in [2.75, 3.05) is 0 Å². The Bertz CT molecular complexity index is 580. The monoisotopic (exact) mass is 290 g/mol. The molecule has 3 nitrogen and oxygen atoms in total. The number of benzene rings is 1. The first-order valence-corrected chi connectivity index (χ1v) is 7.83. The fourth-order valence-corrected chi connectivity index (χ4v) is 3.11. The number of aryl methyl sites for hydroxylation is 2. The molecule has 2 unspecified atom stereocenters. The molecule has 1 aromatic carbocycles. The van der Waals surface area contributed by atoms with E-state index in [2.05, 4.69) is 31.1 Å². The van der Waals surface area contributed by atoms with Gasteiger partial charge in [0.25, 0.3) is 0 Å². The number of aromatic nitrogens is 1. The number of nitrogens with zero attached hydrogens (tertiary/aromatic N) is 1. The third kappa shape index (κ3) is 3.38. The highest BCUT2D eigenvalue weighted by Gasteiger charge is 2.16. The second-order valence-electron chi connectivity index (χ2n) is 5.19. The van der Waals surface area contributed by atoms with Gasteiger partial charge in [-0.1, -0.05) is 24.6 Å². The average Bonchev–Trinajstić information content (AvgIpc) is 2.90. The highest BCUT2D eigenvalue weighted by molar-refractivity contribution is 7.11. The zero-order valence-electron chi connectivity index (χ0n) is 12.5. The summed E-state index contributed by atoms with van der Waals surface area (Å²) in [5.74, 6) is 0.344. The predicted octanol–water partition coefficient (Wildman–Crippen LogP) is 4.13. The van der Waals surface area contributed by atoms with E-state index in [4.69, 9.17) is 0 Å². The van der Waals surface area contributed by atoms with Crippen molar-refractivity contribution < 1.29 is 5.11 Å². The molecule has 0 fully saturated rings. The fraction of sp³-hybridized carbons (Fsp3) is 0.438. The van der Waals surface area contributed by atoms with E-state index >= 15 is 0 Å². The molecular weight excluding hydrogens is 268 g/mol. The summed E-state index contributed by atoms with van der Waals surface area (Å²) >= 11 is 1.75. The molecule has 0 amide bonds. The number of nitrogens with one attached hydrogen (secondary N) is 1. The minimum absolute atomic E-state index is 0.0823. The number of rotatable bonds is 5. The first-order chi connectivity index (χ1) is 9.51. The van der Waals surface area contributed by atoms with Gasteiger partial charge in [0.2, 0.25) is 0 Å². The van der Waals surface area contributed by atoms with Crippen LogP contribution in [-0.4, -0.2) is 10.1 Å². The summed E-state index contributed by atoms with van der Waals surface area (Å²) in [6.07, 6.45) is 2.98. The molecule has 0 saturated heterocycles. The number of hydrogen-bond donors (Lipinski definition) is 2. The zero-order chi connectivity index (χ0) is 14.7. The van der Waals surface area contributed by atoms with E-state index in [1.807, 2.05) is 25.3 Å². The van der Waals surface area contributed by atoms with Crippen molar-refractivity contribution in [3.05, 3.63) is 45.4 Å². The van der Waals surface area contributed by atoms with Crippen LogP contribution in [-0.2, 0) is 6.42 Å². The Labute approximate surface area is 124 Å². The van der Waals surface area contributed by atoms with Gasteiger partial charge < -0.3 is 10.4 Å². The van der Waals surface area contributed by atoms with Gasteiger partial charge in [0.1, 0.15) is 10.8 Å². The first kappa shape index (κ1) is 15.0. The third-order valence-electron chi connectivity index (χ3n) is 3.44. The molecule has 0 spiro atoms. The van der Waals surface area contributed by atoms with E-state index in [9.17, 15) is 5.11 Å². The Balaban J connectivity index is 2.10. The van der Waals surface area contributed by atoms with Gasteiger partial charge in [-0.15, -0.1) is 11.3 Å². The summed E-state index contributed by atoms with van der Waals surface area (Å²) in [5, 5.41) is 14.6. The van der Waals surface area contributed by atoms with Crippen molar-refractivity contribution in [1.82, 2.24) is 10.3 Å². The van der Waals surface area contributed by atoms with Crippen LogP contribution in [0.15, 0.2) is 24.4 Å². The molecule has 2 rings (SSSR count). The third-order valence-corrected chi connectivity index (χ3v) is 4.76. The number of thiazole rings is 1. The van der Waals surface area contributed by atoms with Crippen molar-refractivity contribution in [3.8, 4) is 5.75 Å². The Morgan fingerprint density at radius 3 is 2.70 bits per heavy atom. The lowest BCUT2D eigenvalue weighted by Gasteiger charge is -2.20. The summed E-state index contributed by atoms with van der Waals surface area (Å²) < 4.78 is 0. The van der Waals surface area contributed by atoms with E-state index in [1.54, 1.807) is 17.4 Å². The van der Waals surface area contributed by atoms with Gasteiger partial charge in [0.15, 0.2) is 0 Å². The molecular formula is C16H22N2OS. The van der Waals surface area contributed by atoms with Crippen LogP contribution in [0.4, 0.5) is 0 Å². The van der Waals surface area contributed by atoms with Crippen LogP contribution in [0.5, 0.6) is 5.75 Å². The molecule has 2 N–H and O–H groups in total. The molecule has 20 heavy (non-hydrogen) atoms. The molecule has 0 saturated carbocycles. The van der Waals surface area contributed by atoms with Crippen LogP contribution in [0.25, 0.3) is 0 Å². The summed E-state index contributed by atoms with van der Waals surface area (Å²) in [6, 6.07) is 5.96.